The quantitative estimate of drug-likeness (QED) is 0.269. The summed E-state index contributed by atoms with van der Waals surface area (Å²) in [7, 11) is -5.18. The second-order valence-electron chi connectivity index (χ2n) is 0.796. The third kappa shape index (κ3) is 15.6. The molecule has 0 aromatic heterocycles. The summed E-state index contributed by atoms with van der Waals surface area (Å²) in [6.45, 7) is 0.125. The average Bonchev–Trinajstić information content (AvgIpc) is 1.89. The van der Waals surface area contributed by atoms with Gasteiger partial charge in [-0.15, -0.1) is 0 Å². The van der Waals surface area contributed by atoms with Crippen molar-refractivity contribution < 1.29 is 17.5 Å². The number of nitrogens with zero attached hydrogens (tertiary/aromatic N) is 1. The summed E-state index contributed by atoms with van der Waals surface area (Å²) in [4.78, 5) is 0. The van der Waals surface area contributed by atoms with E-state index < -0.39 is 20.2 Å². The molecule has 0 rings (SSSR count). The molecule has 2 atom stereocenters. The van der Waals surface area contributed by atoms with Gasteiger partial charge in [0.2, 0.25) is 0 Å². The Morgan fingerprint density at radius 2 is 1.60 bits per heavy atom. The van der Waals surface area contributed by atoms with Crippen molar-refractivity contribution in [2.24, 2.45) is 5.73 Å². The summed E-state index contributed by atoms with van der Waals surface area (Å²) in [5, 5.41) is 7.50. The van der Waals surface area contributed by atoms with Gasteiger partial charge in [-0.1, -0.05) is 0 Å². The second kappa shape index (κ2) is 8.67. The highest BCUT2D eigenvalue weighted by molar-refractivity contribution is 8.56. The van der Waals surface area contributed by atoms with Gasteiger partial charge in [0.05, 0.1) is 12.6 Å². The molecular formula is C2H6N2O4S2. The van der Waals surface area contributed by atoms with Crippen LogP contribution in [-0.4, -0.2) is 24.1 Å². The molecule has 0 heterocycles. The number of rotatable bonds is 1. The zero-order valence-corrected chi connectivity index (χ0v) is 6.39. The molecule has 4 N–H and O–H groups in total. The van der Waals surface area contributed by atoms with Gasteiger partial charge < -0.3 is 5.73 Å². The molecular weight excluding hydrogens is 180 g/mol. The average molecular weight is 186 g/mol. The van der Waals surface area contributed by atoms with E-state index in [4.69, 9.17) is 14.4 Å². The molecule has 0 aromatic rings. The standard InChI is InChI=1S/C2H4N2.H2O4S2/c3-1-2-4;1-5(2)6(3)4/h1,3H2;(H,1,2)(H,3,4). The van der Waals surface area contributed by atoms with E-state index in [1.54, 1.807) is 6.07 Å². The molecule has 6 nitrogen and oxygen atoms in total. The van der Waals surface area contributed by atoms with Crippen molar-refractivity contribution in [3.05, 3.63) is 0 Å². The Bertz CT molecular complexity index is 151. The van der Waals surface area contributed by atoms with Gasteiger partial charge in [0, 0.05) is 0 Å². The normalized spacial score (nSPS) is 13.8. The molecule has 60 valence electrons. The Morgan fingerprint density at radius 3 is 1.60 bits per heavy atom. The smallest absolute Gasteiger partial charge is 0.274 e. The van der Waals surface area contributed by atoms with Crippen molar-refractivity contribution in [3.8, 4) is 6.07 Å². The van der Waals surface area contributed by atoms with Gasteiger partial charge >= 0.3 is 0 Å². The number of hydrogen-bond donors (Lipinski definition) is 3. The zero-order chi connectivity index (χ0) is 8.57. The lowest BCUT2D eigenvalue weighted by Crippen LogP contribution is -1.93. The van der Waals surface area contributed by atoms with Crippen LogP contribution in [0.4, 0.5) is 0 Å². The van der Waals surface area contributed by atoms with Crippen molar-refractivity contribution in [3.63, 3.8) is 0 Å². The van der Waals surface area contributed by atoms with Crippen LogP contribution in [0, 0.1) is 11.3 Å². The van der Waals surface area contributed by atoms with Gasteiger partial charge in [0.15, 0.2) is 0 Å². The van der Waals surface area contributed by atoms with Crippen LogP contribution in [0.25, 0.3) is 0 Å². The van der Waals surface area contributed by atoms with Crippen LogP contribution in [-0.2, 0) is 20.2 Å². The molecule has 0 aliphatic carbocycles. The van der Waals surface area contributed by atoms with Crippen LogP contribution in [0.1, 0.15) is 0 Å². The topological polar surface area (TPSA) is 124 Å². The maximum Gasteiger partial charge on any atom is 0.274 e. The van der Waals surface area contributed by atoms with Crippen LogP contribution in [0.2, 0.25) is 0 Å². The van der Waals surface area contributed by atoms with Crippen LogP contribution in [0.5, 0.6) is 0 Å². The third-order valence-corrected chi connectivity index (χ3v) is 1.19. The maximum absolute atomic E-state index is 9.26. The fraction of sp³-hybridized carbons (Fsp3) is 0.500. The molecule has 0 saturated heterocycles. The van der Waals surface area contributed by atoms with Crippen LogP contribution in [0.3, 0.4) is 0 Å². The number of nitrogens with two attached hydrogens (primary N) is 1. The molecule has 0 aliphatic heterocycles. The molecule has 0 bridgehead atoms. The van der Waals surface area contributed by atoms with Crippen molar-refractivity contribution in [2.45, 2.75) is 0 Å². The van der Waals surface area contributed by atoms with E-state index in [0.717, 1.165) is 0 Å². The predicted molar refractivity (Wildman–Crippen MR) is 36.2 cm³/mol. The van der Waals surface area contributed by atoms with Crippen molar-refractivity contribution in [2.75, 3.05) is 6.54 Å². The Hall–Kier alpha value is -0.330. The lowest BCUT2D eigenvalue weighted by atomic mass is 10.8. The van der Waals surface area contributed by atoms with Crippen LogP contribution in [0.15, 0.2) is 0 Å². The first-order valence-corrected chi connectivity index (χ1v) is 4.58. The molecule has 8 heteroatoms. The Labute approximate surface area is 62.0 Å². The highest BCUT2D eigenvalue weighted by Gasteiger charge is 1.95. The predicted octanol–water partition coefficient (Wildman–Crippen LogP) is -1.19. The summed E-state index contributed by atoms with van der Waals surface area (Å²) < 4.78 is 33.6. The maximum atomic E-state index is 9.26. The Kier molecular flexibility index (Phi) is 10.7. The fourth-order valence-electron chi connectivity index (χ4n) is 0. The van der Waals surface area contributed by atoms with Gasteiger partial charge in [-0.25, -0.2) is 8.42 Å². The van der Waals surface area contributed by atoms with Gasteiger partial charge in [0.1, 0.15) is 0 Å². The van der Waals surface area contributed by atoms with E-state index in [2.05, 4.69) is 5.73 Å². The summed E-state index contributed by atoms with van der Waals surface area (Å²) in [6, 6.07) is 1.71. The number of nitriles is 1. The first-order chi connectivity index (χ1) is 4.56. The second-order valence-corrected chi connectivity index (χ2v) is 3.38. The summed E-state index contributed by atoms with van der Waals surface area (Å²) in [6.07, 6.45) is 0. The molecule has 0 aromatic carbocycles. The highest BCUT2D eigenvalue weighted by atomic mass is 33.2. The SMILES string of the molecule is N#CCN.O=S(O)S(=O)O. The van der Waals surface area contributed by atoms with Crippen molar-refractivity contribution in [1.82, 2.24) is 0 Å². The first kappa shape index (κ1) is 12.4. The number of hydrogen-bond acceptors (Lipinski definition) is 4. The molecule has 0 aliphatic rings. The zero-order valence-electron chi connectivity index (χ0n) is 4.76. The van der Waals surface area contributed by atoms with E-state index in [0.29, 0.717) is 0 Å². The Morgan fingerprint density at radius 1 is 1.40 bits per heavy atom. The molecule has 10 heavy (non-hydrogen) atoms. The minimum absolute atomic E-state index is 0.125. The Balaban J connectivity index is 0. The van der Waals surface area contributed by atoms with E-state index in [-0.39, 0.29) is 6.54 Å². The lowest BCUT2D eigenvalue weighted by molar-refractivity contribution is 0.548. The van der Waals surface area contributed by atoms with Gasteiger partial charge in [-0.05, 0) is 0 Å². The molecule has 0 radical (unpaired) electrons. The van der Waals surface area contributed by atoms with E-state index >= 15 is 0 Å². The summed E-state index contributed by atoms with van der Waals surface area (Å²) in [5.41, 5.74) is 4.67. The molecule has 0 spiro atoms. The fourth-order valence-corrected chi connectivity index (χ4v) is 0. The van der Waals surface area contributed by atoms with Gasteiger partial charge in [-0.3, -0.25) is 9.11 Å². The molecule has 0 fully saturated rings. The minimum atomic E-state index is -2.59. The van der Waals surface area contributed by atoms with E-state index in [1.807, 2.05) is 0 Å². The van der Waals surface area contributed by atoms with E-state index in [9.17, 15) is 8.42 Å². The van der Waals surface area contributed by atoms with Gasteiger partial charge in [-0.2, -0.15) is 5.26 Å². The molecule has 2 unspecified atom stereocenters. The lowest BCUT2D eigenvalue weighted by Gasteiger charge is -1.74. The first-order valence-electron chi connectivity index (χ1n) is 1.85. The van der Waals surface area contributed by atoms with Gasteiger partial charge in [0.25, 0.3) is 20.2 Å². The van der Waals surface area contributed by atoms with Crippen molar-refractivity contribution >= 4 is 20.2 Å². The third-order valence-electron chi connectivity index (χ3n) is 0.213. The van der Waals surface area contributed by atoms with Crippen LogP contribution < -0.4 is 5.73 Å². The van der Waals surface area contributed by atoms with E-state index in [1.165, 1.54) is 0 Å². The molecule has 0 amide bonds. The highest BCUT2D eigenvalue weighted by Crippen LogP contribution is 1.74. The minimum Gasteiger partial charge on any atom is -0.318 e. The van der Waals surface area contributed by atoms with Crippen LogP contribution >= 0.6 is 0 Å². The largest absolute Gasteiger partial charge is 0.318 e. The summed E-state index contributed by atoms with van der Waals surface area (Å²) in [5.74, 6) is 0. The molecule has 0 saturated carbocycles. The summed E-state index contributed by atoms with van der Waals surface area (Å²) >= 11 is 0. The monoisotopic (exact) mass is 186 g/mol. The van der Waals surface area contributed by atoms with Crippen molar-refractivity contribution in [1.29, 1.82) is 5.26 Å².